The number of hydrogen-bond acceptors (Lipinski definition) is 5. The first-order valence-corrected chi connectivity index (χ1v) is 7.45. The zero-order chi connectivity index (χ0) is 16.6. The van der Waals surface area contributed by atoms with Crippen molar-refractivity contribution < 1.29 is 13.2 Å². The fourth-order valence-electron chi connectivity index (χ4n) is 2.98. The maximum Gasteiger partial charge on any atom is 0.435 e. The molecule has 0 bridgehead atoms. The Labute approximate surface area is 131 Å². The van der Waals surface area contributed by atoms with Gasteiger partial charge in [0.15, 0.2) is 11.5 Å². The van der Waals surface area contributed by atoms with E-state index in [0.717, 1.165) is 37.8 Å². The topological polar surface area (TPSA) is 64.7 Å². The molecular weight excluding hydrogens is 311 g/mol. The molecule has 7 nitrogen and oxygen atoms in total. The van der Waals surface area contributed by atoms with E-state index in [1.807, 2.05) is 6.92 Å². The molecule has 0 aromatic carbocycles. The maximum atomic E-state index is 12.6. The highest BCUT2D eigenvalue weighted by Crippen LogP contribution is 2.31. The normalized spacial score (nSPS) is 19.2. The lowest BCUT2D eigenvalue weighted by atomic mass is 10.0. The van der Waals surface area contributed by atoms with Crippen LogP contribution in [0.3, 0.4) is 0 Å². The lowest BCUT2D eigenvalue weighted by Gasteiger charge is -2.35. The van der Waals surface area contributed by atoms with Crippen molar-refractivity contribution in [1.82, 2.24) is 34.9 Å². The van der Waals surface area contributed by atoms with Gasteiger partial charge in [-0.25, -0.2) is 4.68 Å². The number of piperidine rings is 1. The summed E-state index contributed by atoms with van der Waals surface area (Å²) in [6.45, 7) is 3.56. The molecule has 0 aliphatic carbocycles. The predicted octanol–water partition coefficient (Wildman–Crippen LogP) is 1.82. The summed E-state index contributed by atoms with van der Waals surface area (Å²) in [6, 6.07) is 1.09. The van der Waals surface area contributed by atoms with Gasteiger partial charge in [0.1, 0.15) is 0 Å². The first kappa shape index (κ1) is 15.9. The first-order chi connectivity index (χ1) is 10.9. The molecule has 23 heavy (non-hydrogen) atoms. The molecule has 0 amide bonds. The highest BCUT2D eigenvalue weighted by atomic mass is 19.4. The second-order valence-electron chi connectivity index (χ2n) is 5.78. The monoisotopic (exact) mass is 329 g/mol. The van der Waals surface area contributed by atoms with Crippen LogP contribution in [0, 0.1) is 0 Å². The Morgan fingerprint density at radius 3 is 2.48 bits per heavy atom. The molecule has 0 saturated carbocycles. The zero-order valence-corrected chi connectivity index (χ0v) is 12.9. The van der Waals surface area contributed by atoms with Crippen LogP contribution in [0.1, 0.15) is 43.4 Å². The van der Waals surface area contributed by atoms with Crippen molar-refractivity contribution in [2.75, 3.05) is 13.1 Å². The second kappa shape index (κ2) is 5.91. The van der Waals surface area contributed by atoms with E-state index in [2.05, 4.69) is 25.5 Å². The van der Waals surface area contributed by atoms with Crippen molar-refractivity contribution in [2.24, 2.45) is 7.05 Å². The summed E-state index contributed by atoms with van der Waals surface area (Å²) in [5, 5.41) is 15.2. The molecule has 1 atom stereocenters. The predicted molar refractivity (Wildman–Crippen MR) is 74.3 cm³/mol. The van der Waals surface area contributed by atoms with Crippen molar-refractivity contribution in [1.29, 1.82) is 0 Å². The number of nitrogens with zero attached hydrogens (tertiary/aromatic N) is 7. The van der Waals surface area contributed by atoms with Gasteiger partial charge in [0.05, 0.1) is 12.1 Å². The minimum atomic E-state index is -4.39. The summed E-state index contributed by atoms with van der Waals surface area (Å²) in [6.07, 6.45) is -1.49. The van der Waals surface area contributed by atoms with Crippen LogP contribution < -0.4 is 0 Å². The fraction of sp³-hybridized carbons (Fsp3) is 0.692. The molecule has 1 aliphatic rings. The van der Waals surface area contributed by atoms with Crippen molar-refractivity contribution in [3.05, 3.63) is 23.8 Å². The van der Waals surface area contributed by atoms with E-state index in [1.54, 1.807) is 11.7 Å². The average Bonchev–Trinajstić information content (AvgIpc) is 3.15. The van der Waals surface area contributed by atoms with Gasteiger partial charge in [-0.2, -0.15) is 18.3 Å². The average molecular weight is 329 g/mol. The van der Waals surface area contributed by atoms with Crippen LogP contribution in [0.4, 0.5) is 13.2 Å². The van der Waals surface area contributed by atoms with E-state index in [4.69, 9.17) is 0 Å². The number of alkyl halides is 3. The van der Waals surface area contributed by atoms with Gasteiger partial charge in [0, 0.05) is 26.3 Å². The number of halogens is 3. The molecule has 0 radical (unpaired) electrons. The van der Waals surface area contributed by atoms with Gasteiger partial charge in [0.25, 0.3) is 0 Å². The summed E-state index contributed by atoms with van der Waals surface area (Å²) in [5.74, 6) is 0.780. The van der Waals surface area contributed by atoms with Gasteiger partial charge in [0.2, 0.25) is 0 Å². The molecule has 0 spiro atoms. The molecule has 3 heterocycles. The van der Waals surface area contributed by atoms with Crippen molar-refractivity contribution in [2.45, 2.75) is 38.0 Å². The van der Waals surface area contributed by atoms with Crippen LogP contribution in [-0.2, 0) is 13.2 Å². The molecule has 1 saturated heterocycles. The van der Waals surface area contributed by atoms with E-state index >= 15 is 0 Å². The van der Waals surface area contributed by atoms with E-state index in [-0.39, 0.29) is 12.1 Å². The third-order valence-electron chi connectivity index (χ3n) is 4.35. The molecule has 0 unspecified atom stereocenters. The summed E-state index contributed by atoms with van der Waals surface area (Å²) in [5.41, 5.74) is -0.835. The summed E-state index contributed by atoms with van der Waals surface area (Å²) in [4.78, 5) is 2.23. The minimum absolute atomic E-state index is 0.00725. The largest absolute Gasteiger partial charge is 0.435 e. The molecular formula is C13H18F3N7. The number of hydrogen-bond donors (Lipinski definition) is 0. The van der Waals surface area contributed by atoms with Crippen LogP contribution in [0.15, 0.2) is 12.3 Å². The fourth-order valence-corrected chi connectivity index (χ4v) is 2.98. The Kier molecular flexibility index (Phi) is 4.09. The molecule has 2 aromatic heterocycles. The lowest BCUT2D eigenvalue weighted by Crippen LogP contribution is -2.37. The van der Waals surface area contributed by atoms with Crippen LogP contribution in [0.25, 0.3) is 0 Å². The quantitative estimate of drug-likeness (QED) is 0.859. The summed E-state index contributed by atoms with van der Waals surface area (Å²) < 4.78 is 41.0. The molecule has 1 aliphatic heterocycles. The van der Waals surface area contributed by atoms with Gasteiger partial charge >= 0.3 is 6.18 Å². The van der Waals surface area contributed by atoms with E-state index in [0.29, 0.717) is 0 Å². The van der Waals surface area contributed by atoms with Crippen LogP contribution in [-0.4, -0.2) is 48.0 Å². The van der Waals surface area contributed by atoms with Gasteiger partial charge in [-0.05, 0) is 36.3 Å². The molecule has 2 aromatic rings. The van der Waals surface area contributed by atoms with Crippen LogP contribution >= 0.6 is 0 Å². The van der Waals surface area contributed by atoms with Gasteiger partial charge in [-0.3, -0.25) is 9.58 Å². The molecule has 126 valence electrons. The first-order valence-electron chi connectivity index (χ1n) is 7.45. The highest BCUT2D eigenvalue weighted by Gasteiger charge is 2.34. The third kappa shape index (κ3) is 3.21. The Morgan fingerprint density at radius 1 is 1.26 bits per heavy atom. The number of tetrazole rings is 1. The smallest absolute Gasteiger partial charge is 0.293 e. The van der Waals surface area contributed by atoms with Crippen molar-refractivity contribution in [3.8, 4) is 0 Å². The van der Waals surface area contributed by atoms with Crippen molar-refractivity contribution >= 4 is 0 Å². The maximum absolute atomic E-state index is 12.6. The zero-order valence-electron chi connectivity index (χ0n) is 12.9. The van der Waals surface area contributed by atoms with Crippen molar-refractivity contribution in [3.63, 3.8) is 0 Å². The Morgan fingerprint density at radius 2 is 1.96 bits per heavy atom. The summed E-state index contributed by atoms with van der Waals surface area (Å²) >= 11 is 0. The number of aromatic nitrogens is 6. The molecule has 1 fully saturated rings. The van der Waals surface area contributed by atoms with Crippen LogP contribution in [0.5, 0.6) is 0 Å². The number of rotatable bonds is 3. The lowest BCUT2D eigenvalue weighted by molar-refractivity contribution is -0.141. The van der Waals surface area contributed by atoms with Gasteiger partial charge in [-0.15, -0.1) is 5.10 Å². The molecule has 3 rings (SSSR count). The minimum Gasteiger partial charge on any atom is -0.293 e. The second-order valence-corrected chi connectivity index (χ2v) is 5.78. The Hall–Kier alpha value is -1.97. The highest BCUT2D eigenvalue weighted by molar-refractivity contribution is 5.04. The SMILES string of the molecule is C[C@H](c1nnnn1C)N1CCC(n2ccc(C(F)(F)F)n2)CC1. The summed E-state index contributed by atoms with van der Waals surface area (Å²) in [7, 11) is 1.79. The Balaban J connectivity index is 1.62. The van der Waals surface area contributed by atoms with Crippen LogP contribution in [0.2, 0.25) is 0 Å². The standard InChI is InChI=1S/C13H18F3N7/c1-9(12-17-19-20-21(12)2)22-6-3-10(4-7-22)23-8-5-11(18-23)13(14,15)16/h5,8-10H,3-4,6-7H2,1-2H3/t9-/m1/s1. The van der Waals surface area contributed by atoms with E-state index in [9.17, 15) is 13.2 Å². The number of aryl methyl sites for hydroxylation is 1. The number of likely N-dealkylation sites (tertiary alicyclic amines) is 1. The molecule has 0 N–H and O–H groups in total. The molecule has 10 heteroatoms. The Bertz CT molecular complexity index is 655. The van der Waals surface area contributed by atoms with Gasteiger partial charge in [-0.1, -0.05) is 0 Å². The van der Waals surface area contributed by atoms with Gasteiger partial charge < -0.3 is 0 Å². The van der Waals surface area contributed by atoms with E-state index < -0.39 is 11.9 Å². The van der Waals surface area contributed by atoms with E-state index in [1.165, 1.54) is 10.9 Å². The third-order valence-corrected chi connectivity index (χ3v) is 4.35.